The summed E-state index contributed by atoms with van der Waals surface area (Å²) in [5.41, 5.74) is 5.75. The number of rotatable bonds is 7. The van der Waals surface area contributed by atoms with Crippen molar-refractivity contribution in [2.45, 2.75) is 58.1 Å². The second-order valence-electron chi connectivity index (χ2n) is 9.93. The Balaban J connectivity index is 2.02. The Morgan fingerprint density at radius 1 is 1.28 bits per heavy atom. The Hall–Kier alpha value is -2.79. The van der Waals surface area contributed by atoms with Crippen LogP contribution in [-0.2, 0) is 16.0 Å². The van der Waals surface area contributed by atoms with E-state index in [1.165, 1.54) is 7.05 Å². The molecule has 36 heavy (non-hydrogen) atoms. The topological polar surface area (TPSA) is 114 Å². The molecule has 2 heterocycles. The van der Waals surface area contributed by atoms with Crippen LogP contribution in [0.4, 0.5) is 13.6 Å². The molecule has 1 saturated heterocycles. The highest BCUT2D eigenvalue weighted by Gasteiger charge is 2.39. The first kappa shape index (κ1) is 27.8. The number of fused-ring (bicyclic) bond motifs is 1. The van der Waals surface area contributed by atoms with Crippen LogP contribution in [0.2, 0.25) is 5.02 Å². The second-order valence-corrected chi connectivity index (χ2v) is 10.3. The number of carbonyl (C=O) groups excluding carboxylic acids is 2. The lowest BCUT2D eigenvalue weighted by Crippen LogP contribution is -2.47. The number of hydrogen-bond donors (Lipinski definition) is 2. The first-order valence-electron chi connectivity index (χ1n) is 11.8. The molecule has 2 amide bonds. The predicted molar refractivity (Wildman–Crippen MR) is 131 cm³/mol. The second kappa shape index (κ2) is 11.1. The van der Waals surface area contributed by atoms with E-state index in [1.54, 1.807) is 42.7 Å². The summed E-state index contributed by atoms with van der Waals surface area (Å²) in [5.74, 6) is 5.84. The molecule has 2 aliphatic rings. The SMILES string of the molecule is CN(N)/C(=C(\N)COc1ccc(Cl)c2c1C(CN1CCCC1=O)N(C(=O)OC(C)(C)C)CC2)C(F)F. The molecule has 0 bridgehead atoms. The van der Waals surface area contributed by atoms with Gasteiger partial charge in [0.2, 0.25) is 5.91 Å². The van der Waals surface area contributed by atoms with Gasteiger partial charge in [0.25, 0.3) is 6.43 Å². The standard InChI is InChI=1S/C24H34ClF2N5O4/c1-24(2,3)36-23(34)32-11-9-14-15(25)7-8-18(35-13-16(28)21(22(26)27)30(4)29)20(14)17(32)12-31-10-5-6-19(31)33/h7-8,17,22H,5-6,9-13,28-29H2,1-4H3/b21-16-. The molecule has 1 aromatic carbocycles. The van der Waals surface area contributed by atoms with Crippen LogP contribution in [0.5, 0.6) is 5.75 Å². The van der Waals surface area contributed by atoms with Gasteiger partial charge in [0.05, 0.1) is 11.7 Å². The molecular weight excluding hydrogens is 496 g/mol. The minimum atomic E-state index is -2.89. The molecule has 9 nitrogen and oxygen atoms in total. The quantitative estimate of drug-likeness (QED) is 0.411. The smallest absolute Gasteiger partial charge is 0.410 e. The van der Waals surface area contributed by atoms with Crippen LogP contribution in [0.25, 0.3) is 0 Å². The van der Waals surface area contributed by atoms with Gasteiger partial charge in [-0.1, -0.05) is 11.6 Å². The summed E-state index contributed by atoms with van der Waals surface area (Å²) in [4.78, 5) is 28.9. The summed E-state index contributed by atoms with van der Waals surface area (Å²) < 4.78 is 38.4. The lowest BCUT2D eigenvalue weighted by atomic mass is 9.91. The van der Waals surface area contributed by atoms with Gasteiger partial charge in [-0.2, -0.15) is 0 Å². The Labute approximate surface area is 214 Å². The van der Waals surface area contributed by atoms with E-state index >= 15 is 0 Å². The molecule has 0 aliphatic carbocycles. The Morgan fingerprint density at radius 3 is 2.53 bits per heavy atom. The molecule has 1 fully saturated rings. The average molecular weight is 530 g/mol. The summed E-state index contributed by atoms with van der Waals surface area (Å²) in [7, 11) is 1.26. The van der Waals surface area contributed by atoms with Gasteiger partial charge in [-0.05, 0) is 51.3 Å². The van der Waals surface area contributed by atoms with Crippen molar-refractivity contribution >= 4 is 23.6 Å². The van der Waals surface area contributed by atoms with Crippen molar-refractivity contribution in [2.75, 3.05) is 33.3 Å². The normalized spacial score (nSPS) is 18.8. The monoisotopic (exact) mass is 529 g/mol. The van der Waals surface area contributed by atoms with Gasteiger partial charge >= 0.3 is 6.09 Å². The summed E-state index contributed by atoms with van der Waals surface area (Å²) >= 11 is 6.53. The molecule has 4 N–H and O–H groups in total. The van der Waals surface area contributed by atoms with Crippen LogP contribution >= 0.6 is 11.6 Å². The lowest BCUT2D eigenvalue weighted by Gasteiger charge is -2.40. The molecule has 3 rings (SSSR count). The van der Waals surface area contributed by atoms with Gasteiger partial charge in [0.15, 0.2) is 0 Å². The predicted octanol–water partition coefficient (Wildman–Crippen LogP) is 3.42. The lowest BCUT2D eigenvalue weighted by molar-refractivity contribution is -0.128. The van der Waals surface area contributed by atoms with Crippen LogP contribution in [0, 0.1) is 0 Å². The molecule has 2 aliphatic heterocycles. The fourth-order valence-electron chi connectivity index (χ4n) is 4.49. The maximum Gasteiger partial charge on any atom is 0.410 e. The van der Waals surface area contributed by atoms with Crippen LogP contribution in [0.15, 0.2) is 23.5 Å². The summed E-state index contributed by atoms with van der Waals surface area (Å²) in [5, 5.41) is 1.24. The number of carbonyl (C=O) groups is 2. The molecule has 1 unspecified atom stereocenters. The number of ether oxygens (including phenoxy) is 2. The maximum absolute atomic E-state index is 13.4. The van der Waals surface area contributed by atoms with Crippen molar-refractivity contribution in [1.82, 2.24) is 14.8 Å². The van der Waals surface area contributed by atoms with Crippen molar-refractivity contribution in [1.29, 1.82) is 0 Å². The number of nitrogens with zero attached hydrogens (tertiary/aromatic N) is 3. The van der Waals surface area contributed by atoms with Gasteiger partial charge in [-0.25, -0.2) is 19.4 Å². The average Bonchev–Trinajstić information content (AvgIpc) is 3.16. The number of hydrazine groups is 1. The number of hydrogen-bond acceptors (Lipinski definition) is 7. The molecule has 0 radical (unpaired) electrons. The molecule has 1 atom stereocenters. The number of benzene rings is 1. The number of likely N-dealkylation sites (tertiary alicyclic amines) is 1. The Morgan fingerprint density at radius 2 is 1.97 bits per heavy atom. The van der Waals surface area contributed by atoms with Crippen LogP contribution < -0.4 is 16.3 Å². The highest BCUT2D eigenvalue weighted by Crippen LogP contribution is 2.41. The highest BCUT2D eigenvalue weighted by atomic mass is 35.5. The molecular formula is C24H34ClF2N5O4. The zero-order chi connectivity index (χ0) is 26.8. The van der Waals surface area contributed by atoms with Gasteiger partial charge in [-0.15, -0.1) is 0 Å². The number of nitrogens with two attached hydrogens (primary N) is 2. The third-order valence-corrected chi connectivity index (χ3v) is 6.42. The molecule has 12 heteroatoms. The first-order valence-corrected chi connectivity index (χ1v) is 12.1. The summed E-state index contributed by atoms with van der Waals surface area (Å²) in [6.45, 7) is 6.08. The van der Waals surface area contributed by atoms with E-state index in [0.717, 1.165) is 17.0 Å². The zero-order valence-corrected chi connectivity index (χ0v) is 21.8. The fourth-order valence-corrected chi connectivity index (χ4v) is 4.75. The van der Waals surface area contributed by atoms with Gasteiger partial charge in [-0.3, -0.25) is 9.69 Å². The number of alkyl halides is 2. The number of amides is 2. The molecule has 200 valence electrons. The van der Waals surface area contributed by atoms with Gasteiger partial charge in [0, 0.05) is 43.7 Å². The third-order valence-electron chi connectivity index (χ3n) is 6.06. The maximum atomic E-state index is 13.4. The van der Waals surface area contributed by atoms with Crippen LogP contribution in [0.3, 0.4) is 0 Å². The van der Waals surface area contributed by atoms with E-state index in [4.69, 9.17) is 32.7 Å². The Kier molecular flexibility index (Phi) is 8.55. The zero-order valence-electron chi connectivity index (χ0n) is 21.0. The van der Waals surface area contributed by atoms with E-state index < -0.39 is 29.9 Å². The minimum Gasteiger partial charge on any atom is -0.487 e. The van der Waals surface area contributed by atoms with E-state index in [9.17, 15) is 18.4 Å². The molecule has 0 saturated carbocycles. The van der Waals surface area contributed by atoms with Crippen LogP contribution in [-0.4, -0.2) is 72.1 Å². The highest BCUT2D eigenvalue weighted by molar-refractivity contribution is 6.31. The summed E-state index contributed by atoms with van der Waals surface area (Å²) in [6, 6.07) is 2.65. The van der Waals surface area contributed by atoms with E-state index in [1.807, 2.05) is 0 Å². The molecule has 0 aromatic heterocycles. The Bertz CT molecular complexity index is 1020. The third kappa shape index (κ3) is 6.31. The molecule has 1 aromatic rings. The molecule has 0 spiro atoms. The van der Waals surface area contributed by atoms with Gasteiger partial charge in [0.1, 0.15) is 23.7 Å². The fraction of sp³-hybridized carbons (Fsp3) is 0.583. The summed E-state index contributed by atoms with van der Waals surface area (Å²) in [6.07, 6.45) is -1.82. The van der Waals surface area contributed by atoms with E-state index in [-0.39, 0.29) is 24.8 Å². The largest absolute Gasteiger partial charge is 0.487 e. The van der Waals surface area contributed by atoms with Crippen LogP contribution in [0.1, 0.15) is 50.8 Å². The van der Waals surface area contributed by atoms with E-state index in [2.05, 4.69) is 0 Å². The first-order chi connectivity index (χ1) is 16.8. The number of allylic oxidation sites excluding steroid dienone is 1. The van der Waals surface area contributed by atoms with Gasteiger partial charge < -0.3 is 25.1 Å². The number of halogens is 3. The van der Waals surface area contributed by atoms with Crippen molar-refractivity contribution in [2.24, 2.45) is 11.6 Å². The van der Waals surface area contributed by atoms with Crippen molar-refractivity contribution in [3.05, 3.63) is 39.7 Å². The van der Waals surface area contributed by atoms with E-state index in [0.29, 0.717) is 42.3 Å². The van der Waals surface area contributed by atoms with Crippen molar-refractivity contribution < 1.29 is 27.8 Å². The van der Waals surface area contributed by atoms with Crippen molar-refractivity contribution in [3.63, 3.8) is 0 Å². The van der Waals surface area contributed by atoms with Crippen molar-refractivity contribution in [3.8, 4) is 5.75 Å². The minimum absolute atomic E-state index is 0.00417.